The molecular formula is C20H16F3NO3. The molecule has 2 amide bonds. The molecule has 2 aromatic carbocycles. The number of alkyl halides is 3. The van der Waals surface area contributed by atoms with Gasteiger partial charge in [0.05, 0.1) is 11.3 Å². The van der Waals surface area contributed by atoms with E-state index in [4.69, 9.17) is 4.74 Å². The molecule has 1 aliphatic heterocycles. The number of benzene rings is 2. The first-order valence-corrected chi connectivity index (χ1v) is 8.34. The summed E-state index contributed by atoms with van der Waals surface area (Å²) in [6.07, 6.45) is -0.953. The third-order valence-electron chi connectivity index (χ3n) is 4.02. The summed E-state index contributed by atoms with van der Waals surface area (Å²) in [5, 5.41) is 0. The standard InChI is InChI=1S/C20H16F3NO3/c1-2-3-13-4-9-17(16(12-13)20(21,22)23)27-15-7-5-14(6-8-15)24-18(25)10-11-19(24)26/h4-12H,2-3H2,1H3. The molecule has 0 unspecified atom stereocenters. The Balaban J connectivity index is 1.85. The Morgan fingerprint density at radius 1 is 0.963 bits per heavy atom. The minimum Gasteiger partial charge on any atom is -0.457 e. The Morgan fingerprint density at radius 3 is 2.15 bits per heavy atom. The van der Waals surface area contributed by atoms with E-state index in [0.717, 1.165) is 29.5 Å². The molecule has 0 saturated heterocycles. The lowest BCUT2D eigenvalue weighted by atomic mass is 10.1. The Labute approximate surface area is 153 Å². The number of carbonyl (C=O) groups excluding carboxylic acids is 2. The van der Waals surface area contributed by atoms with Gasteiger partial charge < -0.3 is 4.74 Å². The van der Waals surface area contributed by atoms with Gasteiger partial charge in [-0.25, -0.2) is 4.90 Å². The summed E-state index contributed by atoms with van der Waals surface area (Å²) in [6, 6.07) is 9.71. The second-order valence-electron chi connectivity index (χ2n) is 6.02. The van der Waals surface area contributed by atoms with Crippen LogP contribution in [-0.4, -0.2) is 11.8 Å². The average Bonchev–Trinajstić information content (AvgIpc) is 2.95. The van der Waals surface area contributed by atoms with Crippen LogP contribution in [0.4, 0.5) is 18.9 Å². The van der Waals surface area contributed by atoms with Crippen LogP contribution in [0.25, 0.3) is 0 Å². The molecule has 1 aliphatic rings. The lowest BCUT2D eigenvalue weighted by Gasteiger charge is -2.17. The SMILES string of the molecule is CCCc1ccc(Oc2ccc(N3C(=O)C=CC3=O)cc2)c(C(F)(F)F)c1. The highest BCUT2D eigenvalue weighted by Gasteiger charge is 2.35. The van der Waals surface area contributed by atoms with E-state index in [1.54, 1.807) is 6.07 Å². The Kier molecular flexibility index (Phi) is 5.03. The van der Waals surface area contributed by atoms with Crippen LogP contribution < -0.4 is 9.64 Å². The van der Waals surface area contributed by atoms with Gasteiger partial charge in [0.2, 0.25) is 0 Å². The van der Waals surface area contributed by atoms with Gasteiger partial charge in [-0.05, 0) is 48.4 Å². The highest BCUT2D eigenvalue weighted by molar-refractivity contribution is 6.28. The summed E-state index contributed by atoms with van der Waals surface area (Å²) in [4.78, 5) is 24.3. The van der Waals surface area contributed by atoms with Crippen molar-refractivity contribution < 1.29 is 27.5 Å². The average molecular weight is 375 g/mol. The number of ether oxygens (including phenoxy) is 1. The molecule has 0 atom stereocenters. The van der Waals surface area contributed by atoms with Gasteiger partial charge in [-0.1, -0.05) is 19.4 Å². The zero-order valence-electron chi connectivity index (χ0n) is 14.4. The number of halogens is 3. The molecular weight excluding hydrogens is 359 g/mol. The maximum absolute atomic E-state index is 13.4. The quantitative estimate of drug-likeness (QED) is 0.700. The highest BCUT2D eigenvalue weighted by Crippen LogP contribution is 2.39. The molecule has 0 spiro atoms. The summed E-state index contributed by atoms with van der Waals surface area (Å²) in [5.74, 6) is -1.08. The van der Waals surface area contributed by atoms with Crippen LogP contribution in [0.1, 0.15) is 24.5 Å². The lowest BCUT2D eigenvalue weighted by Crippen LogP contribution is -2.29. The minimum absolute atomic E-state index is 0.166. The zero-order chi connectivity index (χ0) is 19.6. The number of anilines is 1. The fourth-order valence-electron chi connectivity index (χ4n) is 2.78. The molecule has 0 aliphatic carbocycles. The van der Waals surface area contributed by atoms with Crippen molar-refractivity contribution in [2.45, 2.75) is 25.9 Å². The van der Waals surface area contributed by atoms with E-state index in [-0.39, 0.29) is 11.5 Å². The molecule has 0 bridgehead atoms. The molecule has 0 fully saturated rings. The van der Waals surface area contributed by atoms with E-state index in [9.17, 15) is 22.8 Å². The van der Waals surface area contributed by atoms with E-state index in [1.807, 2.05) is 6.92 Å². The van der Waals surface area contributed by atoms with Gasteiger partial charge in [-0.2, -0.15) is 13.2 Å². The number of hydrogen-bond donors (Lipinski definition) is 0. The Morgan fingerprint density at radius 2 is 1.59 bits per heavy atom. The smallest absolute Gasteiger partial charge is 0.419 e. The molecule has 0 saturated carbocycles. The number of rotatable bonds is 5. The summed E-state index contributed by atoms with van der Waals surface area (Å²) in [7, 11) is 0. The molecule has 1 heterocycles. The van der Waals surface area contributed by atoms with Crippen LogP contribution in [0.15, 0.2) is 54.6 Å². The molecule has 4 nitrogen and oxygen atoms in total. The predicted octanol–water partition coefficient (Wildman–Crippen LogP) is 4.88. The van der Waals surface area contributed by atoms with E-state index in [0.29, 0.717) is 17.7 Å². The van der Waals surface area contributed by atoms with Crippen LogP contribution >= 0.6 is 0 Å². The molecule has 0 aromatic heterocycles. The monoisotopic (exact) mass is 375 g/mol. The number of carbonyl (C=O) groups is 2. The first-order valence-electron chi connectivity index (χ1n) is 8.34. The van der Waals surface area contributed by atoms with Gasteiger partial charge in [0, 0.05) is 12.2 Å². The molecule has 2 aromatic rings. The lowest BCUT2D eigenvalue weighted by molar-refractivity contribution is -0.138. The number of imide groups is 1. The minimum atomic E-state index is -4.54. The van der Waals surface area contributed by atoms with Crippen LogP contribution in [0, 0.1) is 0 Å². The number of aryl methyl sites for hydroxylation is 1. The van der Waals surface area contributed by atoms with E-state index in [1.165, 1.54) is 30.3 Å². The van der Waals surface area contributed by atoms with Gasteiger partial charge in [0.25, 0.3) is 11.8 Å². The van der Waals surface area contributed by atoms with E-state index >= 15 is 0 Å². The third kappa shape index (κ3) is 4.02. The summed E-state index contributed by atoms with van der Waals surface area (Å²) < 4.78 is 45.5. The maximum atomic E-state index is 13.4. The molecule has 0 N–H and O–H groups in total. The molecule has 27 heavy (non-hydrogen) atoms. The zero-order valence-corrected chi connectivity index (χ0v) is 14.4. The number of nitrogens with zero attached hydrogens (tertiary/aromatic N) is 1. The normalized spacial score (nSPS) is 14.1. The van der Waals surface area contributed by atoms with Crippen molar-refractivity contribution in [2.75, 3.05) is 4.90 Å². The van der Waals surface area contributed by atoms with Crippen molar-refractivity contribution >= 4 is 17.5 Å². The van der Waals surface area contributed by atoms with Crippen LogP contribution in [0.2, 0.25) is 0 Å². The predicted molar refractivity (Wildman–Crippen MR) is 93.6 cm³/mol. The molecule has 7 heteroatoms. The molecule has 0 radical (unpaired) electrons. The van der Waals surface area contributed by atoms with Crippen molar-refractivity contribution in [3.05, 3.63) is 65.7 Å². The first-order chi connectivity index (χ1) is 12.8. The second-order valence-corrected chi connectivity index (χ2v) is 6.02. The van der Waals surface area contributed by atoms with Gasteiger partial charge >= 0.3 is 6.18 Å². The van der Waals surface area contributed by atoms with Crippen molar-refractivity contribution in [3.8, 4) is 11.5 Å². The van der Waals surface area contributed by atoms with E-state index < -0.39 is 23.6 Å². The fraction of sp³-hybridized carbons (Fsp3) is 0.200. The maximum Gasteiger partial charge on any atom is 0.419 e. The van der Waals surface area contributed by atoms with Gasteiger partial charge in [-0.15, -0.1) is 0 Å². The van der Waals surface area contributed by atoms with Crippen molar-refractivity contribution in [2.24, 2.45) is 0 Å². The topological polar surface area (TPSA) is 46.6 Å². The number of amides is 2. The summed E-state index contributed by atoms with van der Waals surface area (Å²) >= 11 is 0. The first kappa shape index (κ1) is 18.7. The van der Waals surface area contributed by atoms with Crippen molar-refractivity contribution in [3.63, 3.8) is 0 Å². The van der Waals surface area contributed by atoms with Gasteiger partial charge in [-0.3, -0.25) is 9.59 Å². The molecule has 140 valence electrons. The second kappa shape index (κ2) is 7.26. The third-order valence-corrected chi connectivity index (χ3v) is 4.02. The van der Waals surface area contributed by atoms with Gasteiger partial charge in [0.1, 0.15) is 11.5 Å². The van der Waals surface area contributed by atoms with Crippen LogP contribution in [0.3, 0.4) is 0 Å². The summed E-state index contributed by atoms with van der Waals surface area (Å²) in [6.45, 7) is 1.89. The van der Waals surface area contributed by atoms with Crippen LogP contribution in [0.5, 0.6) is 11.5 Å². The van der Waals surface area contributed by atoms with Crippen molar-refractivity contribution in [1.29, 1.82) is 0 Å². The fourth-order valence-corrected chi connectivity index (χ4v) is 2.78. The number of hydrogen-bond acceptors (Lipinski definition) is 3. The highest BCUT2D eigenvalue weighted by atomic mass is 19.4. The van der Waals surface area contributed by atoms with E-state index in [2.05, 4.69) is 0 Å². The Bertz CT molecular complexity index is 884. The Hall–Kier alpha value is -3.09. The van der Waals surface area contributed by atoms with Crippen molar-refractivity contribution in [1.82, 2.24) is 0 Å². The largest absolute Gasteiger partial charge is 0.457 e. The van der Waals surface area contributed by atoms with Gasteiger partial charge in [0.15, 0.2) is 0 Å². The van der Waals surface area contributed by atoms with Crippen LogP contribution in [-0.2, 0) is 22.2 Å². The molecule has 3 rings (SSSR count). The summed E-state index contributed by atoms with van der Waals surface area (Å²) in [5.41, 5.74) is 0.0643.